The van der Waals surface area contributed by atoms with E-state index < -0.39 is 0 Å². The maximum atomic E-state index is 2.22. The van der Waals surface area contributed by atoms with Crippen molar-refractivity contribution in [3.05, 3.63) is 35.4 Å². The highest BCUT2D eigenvalue weighted by atomic mass is 13.9. The minimum atomic E-state index is 0.884. The summed E-state index contributed by atoms with van der Waals surface area (Å²) in [5.41, 5.74) is 2.66. The van der Waals surface area contributed by atoms with Crippen LogP contribution in [0.5, 0.6) is 0 Å². The molecule has 0 heteroatoms. The van der Waals surface area contributed by atoms with Gasteiger partial charge in [-0.25, -0.2) is 0 Å². The van der Waals surface area contributed by atoms with Crippen molar-refractivity contribution in [2.24, 2.45) is 5.92 Å². The first-order valence-corrected chi connectivity index (χ1v) is 5.09. The van der Waals surface area contributed by atoms with Crippen molar-refractivity contribution in [1.29, 1.82) is 0 Å². The lowest BCUT2D eigenvalue weighted by molar-refractivity contribution is 0.626. The van der Waals surface area contributed by atoms with Gasteiger partial charge < -0.3 is 0 Å². The maximum Gasteiger partial charge on any atom is -0.0398 e. The van der Waals surface area contributed by atoms with Gasteiger partial charge in [0.2, 0.25) is 0 Å². The molecule has 0 N–H and O–H groups in total. The third kappa shape index (κ3) is 7.58. The zero-order valence-corrected chi connectivity index (χ0v) is 9.59. The average Bonchev–Trinajstić information content (AvgIpc) is 2.11. The number of hydrogen-bond acceptors (Lipinski definition) is 0. The van der Waals surface area contributed by atoms with Gasteiger partial charge in [-0.1, -0.05) is 62.6 Å². The molecule has 0 aromatic heterocycles. The first-order valence-electron chi connectivity index (χ1n) is 5.09. The lowest BCUT2D eigenvalue weighted by Crippen LogP contribution is -1.77. The van der Waals surface area contributed by atoms with E-state index in [9.17, 15) is 0 Å². The van der Waals surface area contributed by atoms with Gasteiger partial charge in [-0.2, -0.15) is 0 Å². The lowest BCUT2D eigenvalue weighted by Gasteiger charge is -1.90. The van der Waals surface area contributed by atoms with E-state index in [1.807, 2.05) is 0 Å². The SMILES string of the molecule is CCC(C)C.Cc1ccc(C)cc1. The van der Waals surface area contributed by atoms with E-state index in [2.05, 4.69) is 58.9 Å². The summed E-state index contributed by atoms with van der Waals surface area (Å²) >= 11 is 0. The normalized spacial score (nSPS) is 9.38. The highest BCUT2D eigenvalue weighted by molar-refractivity contribution is 5.19. The summed E-state index contributed by atoms with van der Waals surface area (Å²) in [4.78, 5) is 0. The van der Waals surface area contributed by atoms with Crippen LogP contribution in [0.25, 0.3) is 0 Å². The van der Waals surface area contributed by atoms with Gasteiger partial charge in [0.1, 0.15) is 0 Å². The standard InChI is InChI=1S/C8H10.C5H12/c1-7-3-5-8(2)6-4-7;1-4-5(2)3/h3-6H,1-2H3;5H,4H2,1-3H3. The summed E-state index contributed by atoms with van der Waals surface area (Å²) in [6.45, 7) is 10.8. The van der Waals surface area contributed by atoms with Crippen LogP contribution in [-0.2, 0) is 0 Å². The smallest absolute Gasteiger partial charge is 0.0398 e. The predicted octanol–water partition coefficient (Wildman–Crippen LogP) is 4.36. The molecule has 0 saturated heterocycles. The van der Waals surface area contributed by atoms with Crippen molar-refractivity contribution < 1.29 is 0 Å². The molecular weight excluding hydrogens is 156 g/mol. The van der Waals surface area contributed by atoms with Crippen LogP contribution in [0, 0.1) is 19.8 Å². The van der Waals surface area contributed by atoms with Gasteiger partial charge in [-0.15, -0.1) is 0 Å². The van der Waals surface area contributed by atoms with Crippen molar-refractivity contribution in [3.63, 3.8) is 0 Å². The molecule has 1 rings (SSSR count). The summed E-state index contributed by atoms with van der Waals surface area (Å²) < 4.78 is 0. The molecule has 0 unspecified atom stereocenters. The molecule has 0 nitrogen and oxygen atoms in total. The van der Waals surface area contributed by atoms with Gasteiger partial charge in [-0.05, 0) is 19.8 Å². The van der Waals surface area contributed by atoms with E-state index in [-0.39, 0.29) is 0 Å². The second-order valence-corrected chi connectivity index (χ2v) is 3.96. The van der Waals surface area contributed by atoms with Gasteiger partial charge in [0.05, 0.1) is 0 Å². The topological polar surface area (TPSA) is 0 Å². The summed E-state index contributed by atoms with van der Waals surface area (Å²) in [5.74, 6) is 0.884. The van der Waals surface area contributed by atoms with Crippen LogP contribution in [0.1, 0.15) is 38.3 Å². The highest BCUT2D eigenvalue weighted by Gasteiger charge is 1.80. The lowest BCUT2D eigenvalue weighted by atomic mass is 10.2. The number of rotatable bonds is 1. The Morgan fingerprint density at radius 3 is 1.31 bits per heavy atom. The van der Waals surface area contributed by atoms with Gasteiger partial charge in [0, 0.05) is 0 Å². The molecule has 0 spiro atoms. The Kier molecular flexibility index (Phi) is 6.30. The van der Waals surface area contributed by atoms with E-state index >= 15 is 0 Å². The monoisotopic (exact) mass is 178 g/mol. The molecule has 74 valence electrons. The fourth-order valence-electron chi connectivity index (χ4n) is 0.637. The molecule has 0 aliphatic carbocycles. The van der Waals surface area contributed by atoms with Crippen LogP contribution in [-0.4, -0.2) is 0 Å². The molecular formula is C13H22. The van der Waals surface area contributed by atoms with Gasteiger partial charge in [-0.3, -0.25) is 0 Å². The molecule has 0 atom stereocenters. The summed E-state index contributed by atoms with van der Waals surface area (Å²) in [6, 6.07) is 8.48. The van der Waals surface area contributed by atoms with Crippen LogP contribution >= 0.6 is 0 Å². The quantitative estimate of drug-likeness (QED) is 0.599. The van der Waals surface area contributed by atoms with E-state index in [1.54, 1.807) is 0 Å². The Labute approximate surface area is 83.0 Å². The van der Waals surface area contributed by atoms with E-state index in [0.717, 1.165) is 5.92 Å². The minimum absolute atomic E-state index is 0.884. The van der Waals surface area contributed by atoms with Crippen LogP contribution in [0.15, 0.2) is 24.3 Å². The largest absolute Gasteiger partial charge is 0.0651 e. The second kappa shape index (κ2) is 6.71. The Morgan fingerprint density at radius 1 is 0.923 bits per heavy atom. The van der Waals surface area contributed by atoms with Crippen molar-refractivity contribution in [1.82, 2.24) is 0 Å². The first kappa shape index (κ1) is 12.2. The number of benzene rings is 1. The second-order valence-electron chi connectivity index (χ2n) is 3.96. The maximum absolute atomic E-state index is 2.22. The molecule has 0 aliphatic heterocycles. The van der Waals surface area contributed by atoms with E-state index in [1.165, 1.54) is 17.5 Å². The van der Waals surface area contributed by atoms with Gasteiger partial charge in [0.15, 0.2) is 0 Å². The molecule has 1 aromatic rings. The Bertz CT molecular complexity index is 185. The zero-order valence-electron chi connectivity index (χ0n) is 9.59. The predicted molar refractivity (Wildman–Crippen MR) is 61.0 cm³/mol. The fraction of sp³-hybridized carbons (Fsp3) is 0.538. The Balaban J connectivity index is 0.000000252. The first-order chi connectivity index (χ1) is 6.06. The average molecular weight is 178 g/mol. The molecule has 13 heavy (non-hydrogen) atoms. The van der Waals surface area contributed by atoms with Crippen LogP contribution in [0.4, 0.5) is 0 Å². The molecule has 0 aliphatic rings. The Hall–Kier alpha value is -0.780. The summed E-state index contributed by atoms with van der Waals surface area (Å²) in [6.07, 6.45) is 1.31. The number of aryl methyl sites for hydroxylation is 2. The fourth-order valence-corrected chi connectivity index (χ4v) is 0.637. The Morgan fingerprint density at radius 2 is 1.15 bits per heavy atom. The van der Waals surface area contributed by atoms with Gasteiger partial charge in [0.25, 0.3) is 0 Å². The third-order valence-electron chi connectivity index (χ3n) is 2.03. The molecule has 0 amide bonds. The molecule has 1 aromatic carbocycles. The third-order valence-corrected chi connectivity index (χ3v) is 2.03. The summed E-state index contributed by atoms with van der Waals surface area (Å²) in [7, 11) is 0. The van der Waals surface area contributed by atoms with Crippen LogP contribution < -0.4 is 0 Å². The van der Waals surface area contributed by atoms with Crippen molar-refractivity contribution >= 4 is 0 Å². The summed E-state index contributed by atoms with van der Waals surface area (Å²) in [5, 5.41) is 0. The van der Waals surface area contributed by atoms with Crippen molar-refractivity contribution in [3.8, 4) is 0 Å². The molecule has 0 radical (unpaired) electrons. The highest BCUT2D eigenvalue weighted by Crippen LogP contribution is 1.99. The van der Waals surface area contributed by atoms with Crippen molar-refractivity contribution in [2.75, 3.05) is 0 Å². The number of hydrogen-bond donors (Lipinski definition) is 0. The van der Waals surface area contributed by atoms with Crippen LogP contribution in [0.2, 0.25) is 0 Å². The molecule has 0 bridgehead atoms. The molecule has 0 saturated carbocycles. The van der Waals surface area contributed by atoms with E-state index in [4.69, 9.17) is 0 Å². The molecule has 0 fully saturated rings. The zero-order chi connectivity index (χ0) is 10.3. The molecule has 0 heterocycles. The minimum Gasteiger partial charge on any atom is -0.0651 e. The van der Waals surface area contributed by atoms with Gasteiger partial charge >= 0.3 is 0 Å². The van der Waals surface area contributed by atoms with Crippen molar-refractivity contribution in [2.45, 2.75) is 41.0 Å². The van der Waals surface area contributed by atoms with E-state index in [0.29, 0.717) is 0 Å². The van der Waals surface area contributed by atoms with Crippen LogP contribution in [0.3, 0.4) is 0 Å².